The zero-order valence-corrected chi connectivity index (χ0v) is 14.9. The third kappa shape index (κ3) is 3.61. The van der Waals surface area contributed by atoms with Crippen molar-refractivity contribution >= 4 is 23.1 Å². The fourth-order valence-electron chi connectivity index (χ4n) is 2.33. The van der Waals surface area contributed by atoms with Crippen LogP contribution in [0.5, 0.6) is 11.5 Å². The molecule has 1 heterocycles. The first-order valence-corrected chi connectivity index (χ1v) is 8.32. The van der Waals surface area contributed by atoms with Crippen molar-refractivity contribution in [2.45, 2.75) is 6.92 Å². The van der Waals surface area contributed by atoms with Crippen molar-refractivity contribution in [1.82, 2.24) is 9.59 Å². The summed E-state index contributed by atoms with van der Waals surface area (Å²) in [6.07, 6.45) is 0. The third-order valence-corrected chi connectivity index (χ3v) is 4.40. The van der Waals surface area contributed by atoms with Crippen LogP contribution in [-0.2, 0) is 0 Å². The molecule has 1 amide bonds. The fraction of sp³-hybridized carbons (Fsp3) is 0.167. The minimum atomic E-state index is -0.294. The number of aromatic nitrogens is 2. The number of amides is 1. The predicted octanol–water partition coefficient (Wildman–Crippen LogP) is 3.78. The first-order valence-electron chi connectivity index (χ1n) is 7.55. The average molecular weight is 355 g/mol. The molecule has 1 N–H and O–H groups in total. The molecule has 0 spiro atoms. The summed E-state index contributed by atoms with van der Waals surface area (Å²) in [6.45, 7) is 2.01. The lowest BCUT2D eigenvalue weighted by Crippen LogP contribution is -2.12. The van der Waals surface area contributed by atoms with Crippen LogP contribution >= 0.6 is 11.5 Å². The van der Waals surface area contributed by atoms with Gasteiger partial charge in [-0.1, -0.05) is 34.3 Å². The van der Waals surface area contributed by atoms with Gasteiger partial charge in [0.15, 0.2) is 0 Å². The highest BCUT2D eigenvalue weighted by Gasteiger charge is 2.19. The molecule has 6 nitrogen and oxygen atoms in total. The predicted molar refractivity (Wildman–Crippen MR) is 97.6 cm³/mol. The molecule has 2 aromatic carbocycles. The second-order valence-corrected chi connectivity index (χ2v) is 6.09. The average Bonchev–Trinajstić information content (AvgIpc) is 3.12. The number of benzene rings is 2. The lowest BCUT2D eigenvalue weighted by molar-refractivity contribution is 0.103. The van der Waals surface area contributed by atoms with Gasteiger partial charge in [-0.25, -0.2) is 0 Å². The molecule has 0 radical (unpaired) electrons. The number of carbonyl (C=O) groups excluding carboxylic acids is 1. The summed E-state index contributed by atoms with van der Waals surface area (Å²) in [5.41, 5.74) is 3.07. The van der Waals surface area contributed by atoms with E-state index in [-0.39, 0.29) is 5.91 Å². The zero-order chi connectivity index (χ0) is 17.8. The van der Waals surface area contributed by atoms with Gasteiger partial charge in [0.2, 0.25) is 0 Å². The second kappa shape index (κ2) is 7.31. The van der Waals surface area contributed by atoms with Gasteiger partial charge in [0.25, 0.3) is 5.91 Å². The largest absolute Gasteiger partial charge is 0.497 e. The molecule has 0 saturated heterocycles. The van der Waals surface area contributed by atoms with Gasteiger partial charge >= 0.3 is 0 Å². The lowest BCUT2D eigenvalue weighted by atomic mass is 10.1. The van der Waals surface area contributed by atoms with E-state index >= 15 is 0 Å². The van der Waals surface area contributed by atoms with Gasteiger partial charge in [0, 0.05) is 11.6 Å². The summed E-state index contributed by atoms with van der Waals surface area (Å²) in [5, 5.41) is 6.95. The molecule has 7 heteroatoms. The van der Waals surface area contributed by atoms with Crippen molar-refractivity contribution in [2.75, 3.05) is 19.5 Å². The molecule has 0 atom stereocenters. The van der Waals surface area contributed by atoms with Crippen LogP contribution in [0.25, 0.3) is 11.3 Å². The Balaban J connectivity index is 1.90. The van der Waals surface area contributed by atoms with Gasteiger partial charge in [-0.3, -0.25) is 4.79 Å². The van der Waals surface area contributed by atoms with E-state index in [1.54, 1.807) is 32.4 Å². The van der Waals surface area contributed by atoms with E-state index < -0.39 is 0 Å². The van der Waals surface area contributed by atoms with Crippen molar-refractivity contribution in [3.05, 3.63) is 52.9 Å². The first kappa shape index (κ1) is 16.9. The molecule has 0 aliphatic heterocycles. The van der Waals surface area contributed by atoms with E-state index in [9.17, 15) is 4.79 Å². The van der Waals surface area contributed by atoms with Crippen LogP contribution in [0.15, 0.2) is 42.5 Å². The standard InChI is InChI=1S/C18H17N3O3S/c1-11-4-6-12(7-5-11)16-17(25-21-20-16)18(22)19-14-10-13(23-2)8-9-15(14)24-3/h4-10H,1-3H3,(H,19,22). The number of hydrogen-bond donors (Lipinski definition) is 1. The summed E-state index contributed by atoms with van der Waals surface area (Å²) in [6, 6.07) is 13.0. The normalized spacial score (nSPS) is 10.4. The van der Waals surface area contributed by atoms with E-state index in [0.717, 1.165) is 22.7 Å². The molecule has 0 bridgehead atoms. The van der Waals surface area contributed by atoms with E-state index in [4.69, 9.17) is 9.47 Å². The van der Waals surface area contributed by atoms with Gasteiger partial charge in [-0.05, 0) is 30.6 Å². The molecule has 0 saturated carbocycles. The summed E-state index contributed by atoms with van der Waals surface area (Å²) < 4.78 is 14.4. The van der Waals surface area contributed by atoms with Crippen LogP contribution in [-0.4, -0.2) is 29.7 Å². The van der Waals surface area contributed by atoms with Gasteiger partial charge < -0.3 is 14.8 Å². The Hall–Kier alpha value is -2.93. The van der Waals surface area contributed by atoms with Gasteiger partial charge in [-0.2, -0.15) is 0 Å². The van der Waals surface area contributed by atoms with Crippen molar-refractivity contribution in [2.24, 2.45) is 0 Å². The molecule has 3 aromatic rings. The maximum atomic E-state index is 12.7. The van der Waals surface area contributed by atoms with Crippen molar-refractivity contribution in [3.63, 3.8) is 0 Å². The summed E-state index contributed by atoms with van der Waals surface area (Å²) >= 11 is 1.05. The SMILES string of the molecule is COc1ccc(OC)c(NC(=O)c2snnc2-c2ccc(C)cc2)c1. The number of nitrogens with one attached hydrogen (secondary N) is 1. The Kier molecular flexibility index (Phi) is 4.95. The molecule has 0 fully saturated rings. The summed E-state index contributed by atoms with van der Waals surface area (Å²) in [5.74, 6) is 0.873. The second-order valence-electron chi connectivity index (χ2n) is 5.34. The van der Waals surface area contributed by atoms with Crippen LogP contribution in [0.1, 0.15) is 15.2 Å². The monoisotopic (exact) mass is 355 g/mol. The first-order chi connectivity index (χ1) is 12.1. The maximum absolute atomic E-state index is 12.7. The summed E-state index contributed by atoms with van der Waals surface area (Å²) in [7, 11) is 3.11. The molecule has 0 aliphatic rings. The Bertz CT molecular complexity index is 891. The number of aryl methyl sites for hydroxylation is 1. The van der Waals surface area contributed by atoms with Crippen molar-refractivity contribution in [3.8, 4) is 22.8 Å². The number of hydrogen-bond acceptors (Lipinski definition) is 6. The molecule has 1 aromatic heterocycles. The quantitative estimate of drug-likeness (QED) is 0.754. The van der Waals surface area contributed by atoms with Crippen molar-refractivity contribution in [1.29, 1.82) is 0 Å². The van der Waals surface area contributed by atoms with Gasteiger partial charge in [-0.15, -0.1) is 5.10 Å². The highest BCUT2D eigenvalue weighted by molar-refractivity contribution is 7.08. The number of methoxy groups -OCH3 is 2. The molecule has 25 heavy (non-hydrogen) atoms. The molecular formula is C18H17N3O3S. The molecular weight excluding hydrogens is 338 g/mol. The Labute approximate surface area is 149 Å². The molecule has 128 valence electrons. The van der Waals surface area contributed by atoms with Crippen LogP contribution in [0, 0.1) is 6.92 Å². The smallest absolute Gasteiger partial charge is 0.269 e. The molecule has 0 aliphatic carbocycles. The van der Waals surface area contributed by atoms with Crippen LogP contribution in [0.2, 0.25) is 0 Å². The summed E-state index contributed by atoms with van der Waals surface area (Å²) in [4.78, 5) is 13.2. The highest BCUT2D eigenvalue weighted by atomic mass is 32.1. The van der Waals surface area contributed by atoms with Crippen LogP contribution in [0.4, 0.5) is 5.69 Å². The highest BCUT2D eigenvalue weighted by Crippen LogP contribution is 2.31. The zero-order valence-electron chi connectivity index (χ0n) is 14.1. The minimum Gasteiger partial charge on any atom is -0.497 e. The number of ether oxygens (including phenoxy) is 2. The fourth-order valence-corrected chi connectivity index (χ4v) is 2.91. The third-order valence-electron chi connectivity index (χ3n) is 3.67. The Morgan fingerprint density at radius 3 is 2.52 bits per heavy atom. The van der Waals surface area contributed by atoms with E-state index in [1.807, 2.05) is 31.2 Å². The lowest BCUT2D eigenvalue weighted by Gasteiger charge is -2.11. The van der Waals surface area contributed by atoms with Gasteiger partial charge in [0.1, 0.15) is 22.1 Å². The van der Waals surface area contributed by atoms with Crippen LogP contribution < -0.4 is 14.8 Å². The van der Waals surface area contributed by atoms with Crippen LogP contribution in [0.3, 0.4) is 0 Å². The molecule has 3 rings (SSSR count). The Morgan fingerprint density at radius 1 is 1.08 bits per heavy atom. The Morgan fingerprint density at radius 2 is 1.84 bits per heavy atom. The van der Waals surface area contributed by atoms with Gasteiger partial charge in [0.05, 0.1) is 19.9 Å². The topological polar surface area (TPSA) is 73.3 Å². The molecule has 0 unspecified atom stereocenters. The van der Waals surface area contributed by atoms with E-state index in [0.29, 0.717) is 27.8 Å². The number of nitrogens with zero attached hydrogens (tertiary/aromatic N) is 2. The van der Waals surface area contributed by atoms with E-state index in [1.165, 1.54) is 0 Å². The number of carbonyl (C=O) groups is 1. The minimum absolute atomic E-state index is 0.294. The van der Waals surface area contributed by atoms with E-state index in [2.05, 4.69) is 14.9 Å². The maximum Gasteiger partial charge on any atom is 0.269 e. The number of anilines is 1. The number of rotatable bonds is 5. The van der Waals surface area contributed by atoms with Crippen molar-refractivity contribution < 1.29 is 14.3 Å².